The molecule has 4 rings (SSSR count). The molecule has 2 heterocycles. The number of thiazole rings is 1. The molecule has 1 aliphatic rings. The zero-order valence-electron chi connectivity index (χ0n) is 16.7. The number of hydrogen-bond acceptors (Lipinski definition) is 6. The predicted octanol–water partition coefficient (Wildman–Crippen LogP) is 4.90. The number of anilines is 3. The molecule has 0 unspecified atom stereocenters. The van der Waals surface area contributed by atoms with Gasteiger partial charge in [-0.15, -0.1) is 11.3 Å². The Balaban J connectivity index is 1.35. The first kappa shape index (κ1) is 20.5. The number of benzene rings is 2. The molecule has 3 aromatic rings. The Labute approximate surface area is 185 Å². The monoisotopic (exact) mass is 442 g/mol. The Morgan fingerprint density at radius 1 is 1.13 bits per heavy atom. The lowest BCUT2D eigenvalue weighted by Gasteiger charge is -2.36. The van der Waals surface area contributed by atoms with Crippen LogP contribution in [-0.2, 0) is 0 Å². The van der Waals surface area contributed by atoms with Crippen LogP contribution in [0.4, 0.5) is 16.5 Å². The van der Waals surface area contributed by atoms with Crippen molar-refractivity contribution in [2.75, 3.05) is 43.0 Å². The summed E-state index contributed by atoms with van der Waals surface area (Å²) in [6.07, 6.45) is 0. The average Bonchev–Trinajstić information content (AvgIpc) is 3.24. The van der Waals surface area contributed by atoms with Gasteiger partial charge in [0, 0.05) is 37.2 Å². The van der Waals surface area contributed by atoms with Gasteiger partial charge in [-0.1, -0.05) is 23.7 Å². The molecular weight excluding hydrogens is 420 g/mol. The van der Waals surface area contributed by atoms with E-state index in [1.807, 2.05) is 60.4 Å². The Bertz CT molecular complexity index is 1000. The summed E-state index contributed by atoms with van der Waals surface area (Å²) in [5, 5.41) is 6.48. The number of carbonyl (C=O) groups excluding carboxylic acids is 1. The smallest absolute Gasteiger partial charge is 0.273 e. The van der Waals surface area contributed by atoms with Gasteiger partial charge >= 0.3 is 0 Å². The van der Waals surface area contributed by atoms with Crippen molar-refractivity contribution in [3.05, 3.63) is 64.6 Å². The number of nitrogens with one attached hydrogen (secondary N) is 1. The third-order valence-electron chi connectivity index (χ3n) is 4.90. The van der Waals surface area contributed by atoms with Crippen LogP contribution < -0.4 is 15.0 Å². The van der Waals surface area contributed by atoms with E-state index in [9.17, 15) is 4.79 Å². The normalized spacial score (nSPS) is 13.9. The Morgan fingerprint density at radius 3 is 2.57 bits per heavy atom. The summed E-state index contributed by atoms with van der Waals surface area (Å²) in [5.74, 6) is 0.791. The van der Waals surface area contributed by atoms with Gasteiger partial charge in [0.05, 0.1) is 17.3 Å². The van der Waals surface area contributed by atoms with Gasteiger partial charge in [-0.2, -0.15) is 0 Å². The van der Waals surface area contributed by atoms with Crippen molar-refractivity contribution in [2.45, 2.75) is 6.92 Å². The minimum absolute atomic E-state index is 0.0372. The van der Waals surface area contributed by atoms with E-state index in [0.717, 1.165) is 35.2 Å². The first-order chi connectivity index (χ1) is 14.6. The Hall–Kier alpha value is -2.77. The molecule has 8 heteroatoms. The Kier molecular flexibility index (Phi) is 6.40. The van der Waals surface area contributed by atoms with Crippen LogP contribution in [0.1, 0.15) is 17.4 Å². The molecule has 156 valence electrons. The first-order valence-corrected chi connectivity index (χ1v) is 11.1. The number of amides is 1. The minimum atomic E-state index is -0.0372. The maximum atomic E-state index is 12.9. The highest BCUT2D eigenvalue weighted by molar-refractivity contribution is 7.14. The molecule has 0 bridgehead atoms. The van der Waals surface area contributed by atoms with Crippen molar-refractivity contribution in [2.24, 2.45) is 0 Å². The number of halogens is 1. The summed E-state index contributed by atoms with van der Waals surface area (Å²) in [4.78, 5) is 21.4. The van der Waals surface area contributed by atoms with Crippen LogP contribution >= 0.6 is 22.9 Å². The van der Waals surface area contributed by atoms with Crippen LogP contribution in [0.15, 0.2) is 53.9 Å². The van der Waals surface area contributed by atoms with Gasteiger partial charge in [-0.3, -0.25) is 4.79 Å². The molecule has 0 aliphatic carbocycles. The van der Waals surface area contributed by atoms with Gasteiger partial charge in [0.1, 0.15) is 11.4 Å². The number of nitrogens with zero attached hydrogens (tertiary/aromatic N) is 3. The van der Waals surface area contributed by atoms with Gasteiger partial charge in [-0.05, 0) is 43.3 Å². The fraction of sp³-hybridized carbons (Fsp3) is 0.273. The van der Waals surface area contributed by atoms with E-state index in [0.29, 0.717) is 30.5 Å². The third-order valence-corrected chi connectivity index (χ3v) is 5.98. The quantitative estimate of drug-likeness (QED) is 0.588. The van der Waals surface area contributed by atoms with Gasteiger partial charge in [0.15, 0.2) is 5.13 Å². The summed E-state index contributed by atoms with van der Waals surface area (Å²) in [6, 6.07) is 15.5. The maximum Gasteiger partial charge on any atom is 0.273 e. The lowest BCUT2D eigenvalue weighted by Crippen LogP contribution is -2.49. The van der Waals surface area contributed by atoms with E-state index in [1.165, 1.54) is 11.3 Å². The van der Waals surface area contributed by atoms with E-state index in [2.05, 4.69) is 15.2 Å². The molecule has 2 aromatic carbocycles. The van der Waals surface area contributed by atoms with Gasteiger partial charge in [0.25, 0.3) is 5.91 Å². The molecular formula is C22H23ClN4O2S. The largest absolute Gasteiger partial charge is 0.494 e. The van der Waals surface area contributed by atoms with E-state index < -0.39 is 0 Å². The number of hydrogen-bond donors (Lipinski definition) is 1. The van der Waals surface area contributed by atoms with Crippen LogP contribution in [0.2, 0.25) is 5.02 Å². The van der Waals surface area contributed by atoms with Crippen molar-refractivity contribution in [1.29, 1.82) is 0 Å². The summed E-state index contributed by atoms with van der Waals surface area (Å²) in [7, 11) is 0. The zero-order chi connectivity index (χ0) is 20.9. The molecule has 0 atom stereocenters. The lowest BCUT2D eigenvalue weighted by molar-refractivity contribution is 0.0742. The van der Waals surface area contributed by atoms with Crippen LogP contribution in [0.3, 0.4) is 0 Å². The van der Waals surface area contributed by atoms with Crippen molar-refractivity contribution < 1.29 is 9.53 Å². The number of rotatable bonds is 6. The highest BCUT2D eigenvalue weighted by Gasteiger charge is 2.24. The Morgan fingerprint density at radius 2 is 1.87 bits per heavy atom. The molecule has 1 amide bonds. The molecule has 1 aliphatic heterocycles. The summed E-state index contributed by atoms with van der Waals surface area (Å²) >= 11 is 7.72. The standard InChI is InChI=1S/C22H23ClN4O2S/c1-2-29-17-9-7-16(8-10-17)24-22-25-19(15-30-22)21(28)27-13-11-26(12-14-27)20-6-4-3-5-18(20)23/h3-10,15H,2,11-14H2,1H3,(H,24,25). The average molecular weight is 443 g/mol. The predicted molar refractivity (Wildman–Crippen MR) is 123 cm³/mol. The molecule has 0 radical (unpaired) electrons. The minimum Gasteiger partial charge on any atom is -0.494 e. The third kappa shape index (κ3) is 4.68. The van der Waals surface area contributed by atoms with Crippen LogP contribution in [0.5, 0.6) is 5.75 Å². The molecule has 1 N–H and O–H groups in total. The van der Waals surface area contributed by atoms with Crippen LogP contribution in [0.25, 0.3) is 0 Å². The number of para-hydroxylation sites is 1. The van der Waals surface area contributed by atoms with E-state index in [-0.39, 0.29) is 5.91 Å². The van der Waals surface area contributed by atoms with Crippen molar-refractivity contribution in [3.63, 3.8) is 0 Å². The second kappa shape index (κ2) is 9.36. The molecule has 0 spiro atoms. The summed E-state index contributed by atoms with van der Waals surface area (Å²) in [6.45, 7) is 5.37. The van der Waals surface area contributed by atoms with Crippen LogP contribution in [-0.4, -0.2) is 48.6 Å². The molecule has 6 nitrogen and oxygen atoms in total. The van der Waals surface area contributed by atoms with Gasteiger partial charge in [-0.25, -0.2) is 4.98 Å². The van der Waals surface area contributed by atoms with Gasteiger partial charge < -0.3 is 19.9 Å². The summed E-state index contributed by atoms with van der Waals surface area (Å²) < 4.78 is 5.45. The number of ether oxygens (including phenoxy) is 1. The highest BCUT2D eigenvalue weighted by Crippen LogP contribution is 2.27. The highest BCUT2D eigenvalue weighted by atomic mass is 35.5. The maximum absolute atomic E-state index is 12.9. The van der Waals surface area contributed by atoms with Crippen LogP contribution in [0, 0.1) is 0 Å². The molecule has 0 saturated carbocycles. The van der Waals surface area contributed by atoms with E-state index in [1.54, 1.807) is 5.38 Å². The fourth-order valence-electron chi connectivity index (χ4n) is 3.37. The van der Waals surface area contributed by atoms with E-state index >= 15 is 0 Å². The molecule has 1 saturated heterocycles. The SMILES string of the molecule is CCOc1ccc(Nc2nc(C(=O)N3CCN(c4ccccc4Cl)CC3)cs2)cc1. The second-order valence-corrected chi connectivity index (χ2v) is 8.12. The number of piperazine rings is 1. The second-order valence-electron chi connectivity index (χ2n) is 6.85. The van der Waals surface area contributed by atoms with Gasteiger partial charge in [0.2, 0.25) is 0 Å². The molecule has 1 fully saturated rings. The summed E-state index contributed by atoms with van der Waals surface area (Å²) in [5.41, 5.74) is 2.39. The van der Waals surface area contributed by atoms with Crippen molar-refractivity contribution in [3.8, 4) is 5.75 Å². The fourth-order valence-corrected chi connectivity index (χ4v) is 4.33. The first-order valence-electron chi connectivity index (χ1n) is 9.88. The number of carbonyl (C=O) groups is 1. The van der Waals surface area contributed by atoms with Crippen molar-refractivity contribution in [1.82, 2.24) is 9.88 Å². The lowest BCUT2D eigenvalue weighted by atomic mass is 10.2. The topological polar surface area (TPSA) is 57.7 Å². The zero-order valence-corrected chi connectivity index (χ0v) is 18.2. The number of aromatic nitrogens is 1. The molecule has 1 aromatic heterocycles. The molecule has 30 heavy (non-hydrogen) atoms. The van der Waals surface area contributed by atoms with Crippen molar-refractivity contribution >= 4 is 45.4 Å². The van der Waals surface area contributed by atoms with E-state index in [4.69, 9.17) is 16.3 Å².